The van der Waals surface area contributed by atoms with E-state index < -0.39 is 0 Å². The molecule has 2 amide bonds. The Balaban J connectivity index is 1.23. The van der Waals surface area contributed by atoms with Gasteiger partial charge in [-0.05, 0) is 29.8 Å². The van der Waals surface area contributed by atoms with E-state index >= 15 is 0 Å². The number of piperazine rings is 1. The summed E-state index contributed by atoms with van der Waals surface area (Å²) < 4.78 is 13.1. The summed E-state index contributed by atoms with van der Waals surface area (Å²) in [6.07, 6.45) is -0.182. The second-order valence-corrected chi connectivity index (χ2v) is 8.64. The van der Waals surface area contributed by atoms with Gasteiger partial charge in [0.1, 0.15) is 11.9 Å². The van der Waals surface area contributed by atoms with Crippen molar-refractivity contribution in [3.8, 4) is 5.75 Å². The molecule has 10 heteroatoms. The van der Waals surface area contributed by atoms with Crippen LogP contribution in [0.15, 0.2) is 48.5 Å². The highest BCUT2D eigenvalue weighted by Gasteiger charge is 2.32. The topological polar surface area (TPSA) is 89.8 Å². The Labute approximate surface area is 201 Å². The van der Waals surface area contributed by atoms with Crippen molar-refractivity contribution in [3.05, 3.63) is 76.1 Å². The van der Waals surface area contributed by atoms with Gasteiger partial charge in [0.2, 0.25) is 0 Å². The minimum absolute atomic E-state index is 0.104. The molecule has 0 unspecified atom stereocenters. The molecule has 0 bridgehead atoms. The van der Waals surface area contributed by atoms with Crippen LogP contribution in [0.3, 0.4) is 0 Å². The molecule has 1 atom stereocenters. The molecule has 1 fully saturated rings. The molecule has 3 heterocycles. The third-order valence-electron chi connectivity index (χ3n) is 6.23. The zero-order valence-electron chi connectivity index (χ0n) is 18.7. The number of methoxy groups -OCH3 is 1. The number of fused-ring (bicyclic) bond motifs is 1. The van der Waals surface area contributed by atoms with Gasteiger partial charge in [0.15, 0.2) is 5.69 Å². The van der Waals surface area contributed by atoms with Crippen molar-refractivity contribution in [3.63, 3.8) is 0 Å². The van der Waals surface area contributed by atoms with Crippen molar-refractivity contribution < 1.29 is 19.1 Å². The quantitative estimate of drug-likeness (QED) is 0.569. The van der Waals surface area contributed by atoms with Gasteiger partial charge in [0, 0.05) is 31.2 Å². The zero-order chi connectivity index (χ0) is 23.7. The first-order chi connectivity index (χ1) is 16.5. The van der Waals surface area contributed by atoms with Gasteiger partial charge in [-0.2, -0.15) is 0 Å². The van der Waals surface area contributed by atoms with E-state index in [2.05, 4.69) is 10.3 Å². The number of aromatic nitrogens is 3. The third-order valence-corrected chi connectivity index (χ3v) is 6.49. The van der Waals surface area contributed by atoms with Gasteiger partial charge in [0.05, 0.1) is 31.5 Å². The number of ether oxygens (including phenoxy) is 2. The molecule has 0 N–H and O–H groups in total. The van der Waals surface area contributed by atoms with E-state index in [9.17, 15) is 9.59 Å². The van der Waals surface area contributed by atoms with E-state index in [1.807, 2.05) is 36.4 Å². The summed E-state index contributed by atoms with van der Waals surface area (Å²) in [7, 11) is 1.55. The number of benzene rings is 2. The van der Waals surface area contributed by atoms with E-state index in [0.29, 0.717) is 60.4 Å². The standard InChI is InChI=1S/C24H24ClN5O4/c1-33-20-5-3-2-4-18(20)23(31)28-10-12-29(13-11-28)24(32)22-19-15-34-21(14-30(19)27-26-22)16-6-8-17(25)9-7-16/h2-9,21H,10-15H2,1H3/t21-/m1/s1. The number of para-hydroxylation sites is 1. The predicted octanol–water partition coefficient (Wildman–Crippen LogP) is 2.81. The van der Waals surface area contributed by atoms with Crippen LogP contribution in [0, 0.1) is 0 Å². The molecule has 1 saturated heterocycles. The molecule has 0 radical (unpaired) electrons. The average molecular weight is 482 g/mol. The molecule has 1 aromatic heterocycles. The number of carbonyl (C=O) groups is 2. The number of amides is 2. The molecule has 176 valence electrons. The van der Waals surface area contributed by atoms with Crippen LogP contribution in [0.25, 0.3) is 0 Å². The van der Waals surface area contributed by atoms with Crippen LogP contribution in [-0.2, 0) is 17.9 Å². The SMILES string of the molecule is COc1ccccc1C(=O)N1CCN(C(=O)c2nnn3c2CO[C@@H](c2ccc(Cl)cc2)C3)CC1. The maximum atomic E-state index is 13.2. The molecule has 0 spiro atoms. The summed E-state index contributed by atoms with van der Waals surface area (Å²) in [5, 5.41) is 9.03. The Morgan fingerprint density at radius 3 is 2.38 bits per heavy atom. The number of rotatable bonds is 4. The summed E-state index contributed by atoms with van der Waals surface area (Å²) >= 11 is 5.98. The lowest BCUT2D eigenvalue weighted by molar-refractivity contribution is -0.00202. The monoisotopic (exact) mass is 481 g/mol. The summed E-state index contributed by atoms with van der Waals surface area (Å²) in [5.41, 5.74) is 2.49. The first-order valence-corrected chi connectivity index (χ1v) is 11.4. The van der Waals surface area contributed by atoms with Gasteiger partial charge in [-0.25, -0.2) is 4.68 Å². The van der Waals surface area contributed by atoms with Gasteiger partial charge < -0.3 is 19.3 Å². The predicted molar refractivity (Wildman–Crippen MR) is 124 cm³/mol. The summed E-state index contributed by atoms with van der Waals surface area (Å²) in [4.78, 5) is 29.6. The molecule has 0 saturated carbocycles. The van der Waals surface area contributed by atoms with E-state index in [1.54, 1.807) is 33.7 Å². The van der Waals surface area contributed by atoms with Crippen molar-refractivity contribution >= 4 is 23.4 Å². The maximum Gasteiger partial charge on any atom is 0.276 e. The fourth-order valence-corrected chi connectivity index (χ4v) is 4.44. The van der Waals surface area contributed by atoms with E-state index in [4.69, 9.17) is 21.1 Å². The first-order valence-electron chi connectivity index (χ1n) is 11.1. The van der Waals surface area contributed by atoms with Gasteiger partial charge in [-0.1, -0.05) is 41.1 Å². The summed E-state index contributed by atoms with van der Waals surface area (Å²) in [6.45, 7) is 2.41. The molecule has 0 aliphatic carbocycles. The third kappa shape index (κ3) is 4.24. The van der Waals surface area contributed by atoms with Crippen molar-refractivity contribution in [1.29, 1.82) is 0 Å². The summed E-state index contributed by atoms with van der Waals surface area (Å²) in [6, 6.07) is 14.6. The Morgan fingerprint density at radius 1 is 1.00 bits per heavy atom. The number of nitrogens with zero attached hydrogens (tertiary/aromatic N) is 5. The zero-order valence-corrected chi connectivity index (χ0v) is 19.4. The second kappa shape index (κ2) is 9.44. The first kappa shape index (κ1) is 22.4. The number of carbonyl (C=O) groups excluding carboxylic acids is 2. The molecule has 2 aliphatic heterocycles. The Hall–Kier alpha value is -3.43. The normalized spacial score (nSPS) is 17.9. The minimum atomic E-state index is -0.195. The lowest BCUT2D eigenvalue weighted by atomic mass is 10.1. The molecular formula is C24H24ClN5O4. The smallest absolute Gasteiger partial charge is 0.276 e. The molecule has 9 nitrogen and oxygen atoms in total. The van der Waals surface area contributed by atoms with Gasteiger partial charge in [0.25, 0.3) is 11.8 Å². The van der Waals surface area contributed by atoms with E-state index in [-0.39, 0.29) is 24.5 Å². The maximum absolute atomic E-state index is 13.2. The lowest BCUT2D eigenvalue weighted by Crippen LogP contribution is -2.50. The van der Waals surface area contributed by atoms with Crippen LogP contribution in [0.4, 0.5) is 0 Å². The van der Waals surface area contributed by atoms with Crippen molar-refractivity contribution in [2.24, 2.45) is 0 Å². The Kier molecular flexibility index (Phi) is 6.21. The van der Waals surface area contributed by atoms with Crippen LogP contribution in [0.1, 0.15) is 38.2 Å². The fourth-order valence-electron chi connectivity index (χ4n) is 4.31. The number of hydrogen-bond acceptors (Lipinski definition) is 6. The Bertz CT molecular complexity index is 1200. The highest BCUT2D eigenvalue weighted by molar-refractivity contribution is 6.30. The van der Waals surface area contributed by atoms with Gasteiger partial charge in [-0.15, -0.1) is 5.10 Å². The molecular weight excluding hydrogens is 458 g/mol. The minimum Gasteiger partial charge on any atom is -0.496 e. The highest BCUT2D eigenvalue weighted by atomic mass is 35.5. The molecule has 34 heavy (non-hydrogen) atoms. The van der Waals surface area contributed by atoms with Crippen LogP contribution in [0.5, 0.6) is 5.75 Å². The van der Waals surface area contributed by atoms with Gasteiger partial charge in [-0.3, -0.25) is 9.59 Å². The fraction of sp³-hybridized carbons (Fsp3) is 0.333. The van der Waals surface area contributed by atoms with E-state index in [0.717, 1.165) is 5.56 Å². The average Bonchev–Trinajstić information content (AvgIpc) is 3.31. The highest BCUT2D eigenvalue weighted by Crippen LogP contribution is 2.28. The number of halogens is 1. The number of hydrogen-bond donors (Lipinski definition) is 0. The van der Waals surface area contributed by atoms with Crippen LogP contribution in [0.2, 0.25) is 5.02 Å². The lowest BCUT2D eigenvalue weighted by Gasteiger charge is -2.34. The van der Waals surface area contributed by atoms with E-state index in [1.165, 1.54) is 0 Å². The van der Waals surface area contributed by atoms with Gasteiger partial charge >= 0.3 is 0 Å². The van der Waals surface area contributed by atoms with Crippen LogP contribution in [-0.4, -0.2) is 69.9 Å². The van der Waals surface area contributed by atoms with Crippen molar-refractivity contribution in [2.75, 3.05) is 33.3 Å². The summed E-state index contributed by atoms with van der Waals surface area (Å²) in [5.74, 6) is 0.241. The second-order valence-electron chi connectivity index (χ2n) is 8.20. The molecule has 3 aromatic rings. The molecule has 2 aliphatic rings. The largest absolute Gasteiger partial charge is 0.496 e. The molecule has 2 aromatic carbocycles. The Morgan fingerprint density at radius 2 is 1.68 bits per heavy atom. The van der Waals surface area contributed by atoms with Crippen molar-refractivity contribution in [1.82, 2.24) is 24.8 Å². The van der Waals surface area contributed by atoms with Crippen LogP contribution < -0.4 is 4.74 Å². The van der Waals surface area contributed by atoms with Crippen LogP contribution >= 0.6 is 11.6 Å². The molecule has 5 rings (SSSR count). The van der Waals surface area contributed by atoms with Crippen molar-refractivity contribution in [2.45, 2.75) is 19.3 Å².